The topological polar surface area (TPSA) is 79.5 Å². The van der Waals surface area contributed by atoms with E-state index in [1.54, 1.807) is 6.07 Å². The van der Waals surface area contributed by atoms with Crippen LogP contribution in [0.25, 0.3) is 11.0 Å². The molecule has 6 nitrogen and oxygen atoms in total. The Morgan fingerprint density at radius 2 is 1.88 bits per heavy atom. The van der Waals surface area contributed by atoms with Gasteiger partial charge in [-0.25, -0.2) is 10.4 Å². The number of carbonyl (C=O) groups is 1. The SMILES string of the molecule is O=C(CSc1nc2ccccc2n1Cc1ccccc1)N/N=C\c1cc(I)cc(I)c1O. The first kappa shape index (κ1) is 23.1. The van der Waals surface area contributed by atoms with Crippen LogP contribution in [0.1, 0.15) is 11.1 Å². The molecule has 1 heterocycles. The third kappa shape index (κ3) is 5.62. The van der Waals surface area contributed by atoms with Crippen LogP contribution in [0.3, 0.4) is 0 Å². The molecule has 0 fully saturated rings. The van der Waals surface area contributed by atoms with Crippen LogP contribution >= 0.6 is 56.9 Å². The van der Waals surface area contributed by atoms with Crippen LogP contribution in [0.2, 0.25) is 0 Å². The molecule has 4 rings (SSSR count). The average Bonchev–Trinajstić information content (AvgIpc) is 3.13. The Kier molecular flexibility index (Phi) is 7.68. The third-order valence-corrected chi connectivity index (χ3v) is 7.01. The highest BCUT2D eigenvalue weighted by atomic mass is 127. The Bertz CT molecular complexity index is 1290. The molecular formula is C23H18I2N4O2S. The Labute approximate surface area is 216 Å². The molecule has 0 aliphatic heterocycles. The number of aromatic hydroxyl groups is 1. The maximum Gasteiger partial charge on any atom is 0.250 e. The number of rotatable bonds is 7. The number of nitrogens with one attached hydrogen (secondary N) is 1. The van der Waals surface area contributed by atoms with Gasteiger partial charge in [0.1, 0.15) is 5.75 Å². The minimum absolute atomic E-state index is 0.146. The number of hydrogen-bond acceptors (Lipinski definition) is 5. The van der Waals surface area contributed by atoms with Crippen molar-refractivity contribution in [3.63, 3.8) is 0 Å². The fourth-order valence-electron chi connectivity index (χ4n) is 3.10. The highest BCUT2D eigenvalue weighted by Crippen LogP contribution is 2.26. The van der Waals surface area contributed by atoms with E-state index in [-0.39, 0.29) is 17.4 Å². The number of fused-ring (bicyclic) bond motifs is 1. The minimum Gasteiger partial charge on any atom is -0.506 e. The largest absolute Gasteiger partial charge is 0.506 e. The van der Waals surface area contributed by atoms with Crippen molar-refractivity contribution >= 4 is 80.1 Å². The number of carbonyl (C=O) groups excluding carboxylic acids is 1. The van der Waals surface area contributed by atoms with Gasteiger partial charge in [0, 0.05) is 9.13 Å². The van der Waals surface area contributed by atoms with Crippen LogP contribution in [-0.2, 0) is 11.3 Å². The normalized spacial score (nSPS) is 11.3. The van der Waals surface area contributed by atoms with Crippen molar-refractivity contribution < 1.29 is 9.90 Å². The predicted octanol–water partition coefficient (Wildman–Crippen LogP) is 5.24. The fourth-order valence-corrected chi connectivity index (χ4v) is 5.80. The van der Waals surface area contributed by atoms with Gasteiger partial charge in [0.25, 0.3) is 5.91 Å². The smallest absolute Gasteiger partial charge is 0.250 e. The molecule has 32 heavy (non-hydrogen) atoms. The van der Waals surface area contributed by atoms with Gasteiger partial charge in [0.05, 0.1) is 33.1 Å². The van der Waals surface area contributed by atoms with E-state index >= 15 is 0 Å². The number of phenols is 1. The van der Waals surface area contributed by atoms with E-state index in [4.69, 9.17) is 4.98 Å². The lowest BCUT2D eigenvalue weighted by Crippen LogP contribution is -2.20. The molecule has 0 radical (unpaired) electrons. The summed E-state index contributed by atoms with van der Waals surface area (Å²) in [4.78, 5) is 17.1. The second-order valence-corrected chi connectivity index (χ2v) is 10.2. The van der Waals surface area contributed by atoms with Crippen molar-refractivity contribution in [1.29, 1.82) is 0 Å². The zero-order valence-corrected chi connectivity index (χ0v) is 21.8. The summed E-state index contributed by atoms with van der Waals surface area (Å²) in [5, 5.41) is 14.9. The van der Waals surface area contributed by atoms with Gasteiger partial charge < -0.3 is 9.67 Å². The summed E-state index contributed by atoms with van der Waals surface area (Å²) >= 11 is 5.60. The van der Waals surface area contributed by atoms with Crippen LogP contribution < -0.4 is 5.43 Å². The lowest BCUT2D eigenvalue weighted by Gasteiger charge is -2.09. The molecule has 1 aromatic heterocycles. The number of imidazole rings is 1. The van der Waals surface area contributed by atoms with Crippen LogP contribution in [0.5, 0.6) is 5.75 Å². The molecule has 0 aliphatic carbocycles. The molecule has 0 unspecified atom stereocenters. The van der Waals surface area contributed by atoms with E-state index in [1.165, 1.54) is 23.5 Å². The first-order chi connectivity index (χ1) is 15.5. The Hall–Kier alpha value is -2.12. The summed E-state index contributed by atoms with van der Waals surface area (Å²) in [5.41, 5.74) is 6.17. The van der Waals surface area contributed by atoms with E-state index in [2.05, 4.69) is 72.4 Å². The number of thioether (sulfide) groups is 1. The van der Waals surface area contributed by atoms with Crippen molar-refractivity contribution in [1.82, 2.24) is 15.0 Å². The summed E-state index contributed by atoms with van der Waals surface area (Å²) in [7, 11) is 0. The number of phenolic OH excluding ortho intramolecular Hbond substituents is 1. The van der Waals surface area contributed by atoms with Gasteiger partial charge in [-0.2, -0.15) is 5.10 Å². The monoisotopic (exact) mass is 668 g/mol. The minimum atomic E-state index is -0.246. The van der Waals surface area contributed by atoms with Gasteiger partial charge in [0.15, 0.2) is 5.16 Å². The first-order valence-corrected chi connectivity index (χ1v) is 12.8. The highest BCUT2D eigenvalue weighted by molar-refractivity contribution is 14.1. The number of nitrogens with zero attached hydrogens (tertiary/aromatic N) is 3. The fraction of sp³-hybridized carbons (Fsp3) is 0.0870. The summed E-state index contributed by atoms with van der Waals surface area (Å²) < 4.78 is 3.83. The molecule has 0 atom stereocenters. The van der Waals surface area contributed by atoms with Gasteiger partial charge in [-0.1, -0.05) is 54.2 Å². The second-order valence-electron chi connectivity index (χ2n) is 6.86. The van der Waals surface area contributed by atoms with Gasteiger partial charge in [-0.3, -0.25) is 4.79 Å². The Morgan fingerprint density at radius 3 is 2.69 bits per heavy atom. The van der Waals surface area contributed by atoms with Crippen molar-refractivity contribution in [3.05, 3.63) is 85.0 Å². The molecule has 162 valence electrons. The van der Waals surface area contributed by atoms with E-state index in [9.17, 15) is 9.90 Å². The molecular weight excluding hydrogens is 650 g/mol. The van der Waals surface area contributed by atoms with E-state index in [0.717, 1.165) is 23.3 Å². The molecule has 3 aromatic carbocycles. The Balaban J connectivity index is 1.45. The molecule has 0 saturated heterocycles. The lowest BCUT2D eigenvalue weighted by atomic mass is 10.2. The molecule has 4 aromatic rings. The maximum atomic E-state index is 12.4. The van der Waals surface area contributed by atoms with Gasteiger partial charge in [-0.15, -0.1) is 0 Å². The molecule has 0 saturated carbocycles. The number of hydrazone groups is 1. The highest BCUT2D eigenvalue weighted by Gasteiger charge is 2.13. The molecule has 0 aliphatic rings. The van der Waals surface area contributed by atoms with Gasteiger partial charge >= 0.3 is 0 Å². The molecule has 1 amide bonds. The summed E-state index contributed by atoms with van der Waals surface area (Å²) in [6.45, 7) is 0.675. The van der Waals surface area contributed by atoms with Crippen LogP contribution in [-0.4, -0.2) is 32.5 Å². The first-order valence-electron chi connectivity index (χ1n) is 9.63. The zero-order valence-electron chi connectivity index (χ0n) is 16.7. The third-order valence-electron chi connectivity index (χ3n) is 4.59. The number of hydrogen-bond donors (Lipinski definition) is 2. The van der Waals surface area contributed by atoms with Crippen molar-refractivity contribution in [2.24, 2.45) is 5.10 Å². The molecule has 2 N–H and O–H groups in total. The zero-order chi connectivity index (χ0) is 22.5. The quantitative estimate of drug-likeness (QED) is 0.122. The second kappa shape index (κ2) is 10.7. The lowest BCUT2D eigenvalue weighted by molar-refractivity contribution is -0.118. The summed E-state index contributed by atoms with van der Waals surface area (Å²) in [5.74, 6) is 0.0723. The maximum absolute atomic E-state index is 12.4. The number of aromatic nitrogens is 2. The van der Waals surface area contributed by atoms with Crippen LogP contribution in [0, 0.1) is 7.14 Å². The molecule has 0 spiro atoms. The Morgan fingerprint density at radius 1 is 1.12 bits per heavy atom. The van der Waals surface area contributed by atoms with Gasteiger partial charge in [-0.05, 0) is 75.0 Å². The van der Waals surface area contributed by atoms with Gasteiger partial charge in [0.2, 0.25) is 0 Å². The molecule has 0 bridgehead atoms. The van der Waals surface area contributed by atoms with Crippen molar-refractivity contribution in [2.75, 3.05) is 5.75 Å². The van der Waals surface area contributed by atoms with E-state index in [1.807, 2.05) is 48.5 Å². The van der Waals surface area contributed by atoms with E-state index in [0.29, 0.717) is 12.1 Å². The van der Waals surface area contributed by atoms with Crippen molar-refractivity contribution in [3.8, 4) is 5.75 Å². The van der Waals surface area contributed by atoms with Crippen LogP contribution in [0.15, 0.2) is 77.0 Å². The molecule has 9 heteroatoms. The average molecular weight is 668 g/mol. The number of amides is 1. The number of benzene rings is 3. The van der Waals surface area contributed by atoms with E-state index < -0.39 is 0 Å². The number of para-hydroxylation sites is 2. The summed E-state index contributed by atoms with van der Waals surface area (Å²) in [6.07, 6.45) is 1.45. The summed E-state index contributed by atoms with van der Waals surface area (Å²) in [6, 6.07) is 21.8. The van der Waals surface area contributed by atoms with Crippen molar-refractivity contribution in [2.45, 2.75) is 11.7 Å². The predicted molar refractivity (Wildman–Crippen MR) is 145 cm³/mol. The number of halogens is 2. The van der Waals surface area contributed by atoms with Crippen LogP contribution in [0.4, 0.5) is 0 Å². The standard InChI is InChI=1S/C23H18I2N4O2S/c24-17-10-16(22(31)18(25)11-17)12-26-28-21(30)14-32-23-27-19-8-4-5-9-20(19)29(23)13-15-6-2-1-3-7-15/h1-12,31H,13-14H2,(H,28,30)/b26-12-.